The van der Waals surface area contributed by atoms with E-state index < -0.39 is 46.7 Å². The molecule has 4 atom stereocenters. The summed E-state index contributed by atoms with van der Waals surface area (Å²) in [6.45, 7) is 1.53. The molecule has 2 spiro atoms. The van der Waals surface area contributed by atoms with Crippen molar-refractivity contribution in [3.05, 3.63) is 137 Å². The van der Waals surface area contributed by atoms with E-state index in [1.807, 2.05) is 36.4 Å². The summed E-state index contributed by atoms with van der Waals surface area (Å²) in [6, 6.07) is 29.0. The zero-order chi connectivity index (χ0) is 31.6. The molecule has 2 fully saturated rings. The molecule has 0 radical (unpaired) electrons. The largest absolute Gasteiger partial charge is 0.404 e. The monoisotopic (exact) mass is 609 g/mol. The second-order valence-corrected chi connectivity index (χ2v) is 12.1. The van der Waals surface area contributed by atoms with Crippen molar-refractivity contribution in [2.75, 3.05) is 11.4 Å². The van der Waals surface area contributed by atoms with Gasteiger partial charge in [-0.2, -0.15) is 13.2 Å². The number of ketones is 1. The van der Waals surface area contributed by atoms with Gasteiger partial charge in [-0.1, -0.05) is 109 Å². The quantitative estimate of drug-likeness (QED) is 0.297. The molecule has 3 aliphatic heterocycles. The maximum absolute atomic E-state index is 15.3. The number of benzene rings is 4. The Morgan fingerprint density at radius 1 is 0.778 bits per heavy atom. The second-order valence-electron chi connectivity index (χ2n) is 12.1. The van der Waals surface area contributed by atoms with E-state index in [2.05, 4.69) is 5.32 Å². The summed E-state index contributed by atoms with van der Waals surface area (Å²) in [5.74, 6) is -4.13. The van der Waals surface area contributed by atoms with Gasteiger partial charge in [0.1, 0.15) is 11.6 Å². The summed E-state index contributed by atoms with van der Waals surface area (Å²) in [5, 5.41) is 2.76. The summed E-state index contributed by atoms with van der Waals surface area (Å²) < 4.78 is 45.8. The van der Waals surface area contributed by atoms with Gasteiger partial charge in [0.25, 0.3) is 11.8 Å². The predicted molar refractivity (Wildman–Crippen MR) is 162 cm³/mol. The molecule has 2 amide bonds. The third-order valence-electron chi connectivity index (χ3n) is 9.62. The highest BCUT2D eigenvalue weighted by Gasteiger charge is 2.81. The molecule has 6 nitrogen and oxygen atoms in total. The summed E-state index contributed by atoms with van der Waals surface area (Å²) in [5.41, 5.74) is -1.14. The number of alkyl halides is 3. The number of carbonyl (C=O) groups excluding carboxylic acids is 3. The molecule has 3 aliphatic rings. The van der Waals surface area contributed by atoms with Crippen molar-refractivity contribution >= 4 is 23.3 Å². The third kappa shape index (κ3) is 4.17. The van der Waals surface area contributed by atoms with E-state index in [1.54, 1.807) is 79.7 Å². The maximum Gasteiger partial charge on any atom is 0.404 e. The van der Waals surface area contributed by atoms with E-state index in [1.165, 1.54) is 9.80 Å². The first-order valence-corrected chi connectivity index (χ1v) is 14.8. The first kappa shape index (κ1) is 29.0. The molecule has 3 heterocycles. The van der Waals surface area contributed by atoms with Crippen LogP contribution < -0.4 is 10.2 Å². The maximum atomic E-state index is 15.3. The smallest absolute Gasteiger partial charge is 0.331 e. The number of nitrogens with zero attached hydrogens (tertiary/aromatic N) is 2. The van der Waals surface area contributed by atoms with Gasteiger partial charge >= 0.3 is 6.18 Å². The van der Waals surface area contributed by atoms with Crippen molar-refractivity contribution in [2.24, 2.45) is 5.41 Å². The number of rotatable bonds is 5. The van der Waals surface area contributed by atoms with Gasteiger partial charge in [-0.15, -0.1) is 0 Å². The molecule has 4 aromatic rings. The number of aryl methyl sites for hydroxylation is 1. The number of para-hydroxylation sites is 1. The highest BCUT2D eigenvalue weighted by atomic mass is 19.4. The molecule has 2 saturated heterocycles. The molecule has 0 unspecified atom stereocenters. The number of hydrogen-bond acceptors (Lipinski definition) is 4. The summed E-state index contributed by atoms with van der Waals surface area (Å²) in [4.78, 5) is 46.5. The van der Waals surface area contributed by atoms with Crippen LogP contribution in [0.2, 0.25) is 0 Å². The van der Waals surface area contributed by atoms with Crippen LogP contribution >= 0.6 is 0 Å². The Balaban J connectivity index is 1.50. The van der Waals surface area contributed by atoms with Gasteiger partial charge in [-0.3, -0.25) is 19.7 Å². The molecule has 9 heteroatoms. The number of hydrogen-bond donors (Lipinski definition) is 1. The van der Waals surface area contributed by atoms with Crippen LogP contribution in [-0.2, 0) is 33.0 Å². The highest BCUT2D eigenvalue weighted by molar-refractivity contribution is 6.42. The van der Waals surface area contributed by atoms with E-state index in [9.17, 15) is 9.59 Å². The Morgan fingerprint density at radius 2 is 1.36 bits per heavy atom. The molecule has 228 valence electrons. The standard InChI is InChI=1S/C36H30F3N3O3/c1-23-12-11-19-27-29(23)42(21-25-15-7-3-8-16-25)33(45)35(27)34(22-41(32(44)31(34)43)20-24-13-5-2-6-14-24)28(26-17-9-4-10-18-26)30(40-35)36(37,38)39/h2-19,28,30,40H,20-22H2,1H3/t28-,30+,34-,35-/m1/s1. The average Bonchev–Trinajstić information content (AvgIpc) is 3.58. The number of Topliss-reactive ketones (excluding diaryl/α,β-unsaturated/α-hetero) is 1. The Bertz CT molecular complexity index is 1800. The van der Waals surface area contributed by atoms with Crippen LogP contribution in [0.3, 0.4) is 0 Å². The fourth-order valence-electron chi connectivity index (χ4n) is 7.84. The van der Waals surface area contributed by atoms with E-state index in [-0.39, 0.29) is 30.8 Å². The minimum absolute atomic E-state index is 0.0179. The van der Waals surface area contributed by atoms with E-state index in [0.717, 1.165) is 11.1 Å². The first-order valence-electron chi connectivity index (χ1n) is 14.8. The fourth-order valence-corrected chi connectivity index (χ4v) is 7.84. The molecular weight excluding hydrogens is 579 g/mol. The fraction of sp³-hybridized carbons (Fsp3) is 0.250. The number of fused-ring (bicyclic) bond motifs is 3. The van der Waals surface area contributed by atoms with Crippen LogP contribution in [0.25, 0.3) is 0 Å². The van der Waals surface area contributed by atoms with Gasteiger partial charge < -0.3 is 9.80 Å². The molecule has 0 saturated carbocycles. The van der Waals surface area contributed by atoms with Gasteiger partial charge in [0, 0.05) is 24.6 Å². The molecule has 1 N–H and O–H groups in total. The van der Waals surface area contributed by atoms with Crippen LogP contribution in [0.4, 0.5) is 18.9 Å². The Morgan fingerprint density at radius 3 is 1.96 bits per heavy atom. The lowest BCUT2D eigenvalue weighted by molar-refractivity contribution is -0.159. The minimum Gasteiger partial charge on any atom is -0.331 e. The van der Waals surface area contributed by atoms with Gasteiger partial charge in [0.2, 0.25) is 5.78 Å². The predicted octanol–water partition coefficient (Wildman–Crippen LogP) is 5.65. The van der Waals surface area contributed by atoms with Crippen molar-refractivity contribution in [3.63, 3.8) is 0 Å². The number of halogens is 3. The minimum atomic E-state index is -4.86. The van der Waals surface area contributed by atoms with Crippen molar-refractivity contribution in [1.82, 2.24) is 10.2 Å². The second kappa shape index (κ2) is 10.4. The molecule has 0 aliphatic carbocycles. The molecule has 4 aromatic carbocycles. The average molecular weight is 610 g/mol. The van der Waals surface area contributed by atoms with Crippen LogP contribution in [0.5, 0.6) is 0 Å². The summed E-state index contributed by atoms with van der Waals surface area (Å²) in [6.07, 6.45) is -4.86. The molecule has 45 heavy (non-hydrogen) atoms. The molecular formula is C36H30F3N3O3. The zero-order valence-electron chi connectivity index (χ0n) is 24.4. The van der Waals surface area contributed by atoms with Crippen molar-refractivity contribution in [3.8, 4) is 0 Å². The summed E-state index contributed by atoms with van der Waals surface area (Å²) >= 11 is 0. The van der Waals surface area contributed by atoms with Crippen LogP contribution in [0.15, 0.2) is 109 Å². The normalized spacial score (nSPS) is 26.0. The molecule has 0 aromatic heterocycles. The van der Waals surface area contributed by atoms with Gasteiger partial charge in [-0.25, -0.2) is 0 Å². The third-order valence-corrected chi connectivity index (χ3v) is 9.62. The molecule has 7 rings (SSSR count). The SMILES string of the molecule is Cc1cccc2c1N(Cc1ccccc1)C(=O)[C@]21N[C@H](C(F)(F)F)[C@@H](c2ccccc2)[C@@]12CN(Cc1ccccc1)C(=O)C2=O. The first-order chi connectivity index (χ1) is 21.6. The topological polar surface area (TPSA) is 69.7 Å². The van der Waals surface area contributed by atoms with Gasteiger partial charge in [-0.05, 0) is 29.2 Å². The van der Waals surface area contributed by atoms with Crippen molar-refractivity contribution in [1.29, 1.82) is 0 Å². The van der Waals surface area contributed by atoms with Crippen LogP contribution in [-0.4, -0.2) is 41.3 Å². The summed E-state index contributed by atoms with van der Waals surface area (Å²) in [7, 11) is 0. The Kier molecular flexibility index (Phi) is 6.70. The Labute approximate surface area is 258 Å². The lowest BCUT2D eigenvalue weighted by Crippen LogP contribution is -2.60. The van der Waals surface area contributed by atoms with E-state index in [4.69, 9.17) is 0 Å². The number of likely N-dealkylation sites (tertiary alicyclic amines) is 1. The van der Waals surface area contributed by atoms with Gasteiger partial charge in [0.05, 0.1) is 17.6 Å². The lowest BCUT2D eigenvalue weighted by atomic mass is 9.59. The Hall–Kier alpha value is -4.76. The van der Waals surface area contributed by atoms with Crippen LogP contribution in [0.1, 0.15) is 33.7 Å². The number of nitrogens with one attached hydrogen (secondary N) is 1. The molecule has 0 bridgehead atoms. The number of anilines is 1. The zero-order valence-corrected chi connectivity index (χ0v) is 24.4. The lowest BCUT2D eigenvalue weighted by Gasteiger charge is -2.40. The number of amides is 2. The van der Waals surface area contributed by atoms with Gasteiger partial charge in [0.15, 0.2) is 0 Å². The van der Waals surface area contributed by atoms with Crippen LogP contribution in [0, 0.1) is 12.3 Å². The van der Waals surface area contributed by atoms with E-state index in [0.29, 0.717) is 11.3 Å². The highest BCUT2D eigenvalue weighted by Crippen LogP contribution is 2.65. The van der Waals surface area contributed by atoms with Crippen molar-refractivity contribution in [2.45, 2.75) is 43.7 Å². The van der Waals surface area contributed by atoms with Crippen molar-refractivity contribution < 1.29 is 27.6 Å². The number of carbonyl (C=O) groups is 3. The van der Waals surface area contributed by atoms with E-state index >= 15 is 18.0 Å².